The Kier molecular flexibility index (Phi) is 27.9. The number of phenolic OH excluding ortho intramolecular Hbond substituents is 12. The van der Waals surface area contributed by atoms with Crippen LogP contribution < -0.4 is 85.3 Å². The van der Waals surface area contributed by atoms with Gasteiger partial charge >= 0.3 is 0 Å². The van der Waals surface area contributed by atoms with Gasteiger partial charge in [-0.15, -0.1) is 0 Å². The second-order valence-corrected chi connectivity index (χ2v) is 22.9. The number of phenols is 12. The van der Waals surface area contributed by atoms with Crippen molar-refractivity contribution in [2.45, 2.75) is 0 Å². The fourth-order valence-electron chi connectivity index (χ4n) is 9.96. The van der Waals surface area contributed by atoms with Gasteiger partial charge in [0.15, 0.2) is 0 Å². The van der Waals surface area contributed by atoms with Crippen molar-refractivity contribution in [2.75, 3.05) is 119 Å². The van der Waals surface area contributed by atoms with Gasteiger partial charge in [0.25, 0.3) is 0 Å². The molecule has 0 atom stereocenters. The molecule has 0 fully saturated rings. The fraction of sp³-hybridized carbons (Fsp3) is 0.231. The van der Waals surface area contributed by atoms with E-state index in [0.717, 1.165) is 0 Å². The van der Waals surface area contributed by atoms with E-state index in [4.69, 9.17) is 85.3 Å². The van der Waals surface area contributed by atoms with E-state index < -0.39 is 0 Å². The van der Waals surface area contributed by atoms with Crippen molar-refractivity contribution in [1.82, 2.24) is 0 Å². The molecule has 0 amide bonds. The van der Waals surface area contributed by atoms with Gasteiger partial charge in [-0.25, -0.2) is 0 Å². The summed E-state index contributed by atoms with van der Waals surface area (Å²) in [6.45, 7) is 0.163. The molecule has 0 aliphatic heterocycles. The molecule has 30 nitrogen and oxygen atoms in total. The van der Waals surface area contributed by atoms with Crippen LogP contribution in [0.2, 0.25) is 0 Å². The normalized spacial score (nSPS) is 10.8. The average Bonchev–Trinajstić information content (AvgIpc) is 0.890. The molecule has 108 heavy (non-hydrogen) atoms. The molecule has 0 aromatic heterocycles. The van der Waals surface area contributed by atoms with E-state index in [0.29, 0.717) is 69.0 Å². The Hall–Kier alpha value is -13.8. The average molecular weight is 1500 g/mol. The number of hydrogen-bond donors (Lipinski definition) is 12. The first-order valence-corrected chi connectivity index (χ1v) is 33.4. The van der Waals surface area contributed by atoms with Crippen molar-refractivity contribution >= 4 is 0 Å². The molecule has 0 heterocycles. The third-order valence-corrected chi connectivity index (χ3v) is 14.3. The molecule has 0 spiro atoms. The van der Waals surface area contributed by atoms with Gasteiger partial charge in [-0.05, 0) is 0 Å². The van der Waals surface area contributed by atoms with Crippen molar-refractivity contribution in [2.24, 2.45) is 0 Å². The maximum Gasteiger partial charge on any atom is 0.126 e. The van der Waals surface area contributed by atoms with Crippen molar-refractivity contribution in [3.8, 4) is 172 Å². The molecule has 10 rings (SSSR count). The molecule has 0 unspecified atom stereocenters. The van der Waals surface area contributed by atoms with Gasteiger partial charge in [-0.3, -0.25) is 0 Å². The van der Waals surface area contributed by atoms with Crippen molar-refractivity contribution in [3.63, 3.8) is 0 Å². The van der Waals surface area contributed by atoms with Crippen LogP contribution in [-0.4, -0.2) is 180 Å². The van der Waals surface area contributed by atoms with E-state index in [1.54, 1.807) is 72.8 Å². The summed E-state index contributed by atoms with van der Waals surface area (Å²) in [5.41, 5.74) is 0. The summed E-state index contributed by atoms with van der Waals surface area (Å²) in [6, 6.07) is 42.6. The summed E-state index contributed by atoms with van der Waals surface area (Å²) in [5, 5.41) is 119. The number of hydrogen-bond acceptors (Lipinski definition) is 30. The molecule has 0 radical (unpaired) electrons. The van der Waals surface area contributed by atoms with Crippen LogP contribution in [0.25, 0.3) is 0 Å². The standard InChI is InChI=1S/C78H78O30/c79-49-19-50(80)26-61(25-49)91-1-7-97-67-37-68(98-8-2-92-62-27-51(81)20-52(82)28-62)41-73(40-67)103-13-16-106-76-46-77(107-17-14-104-74-42-69(99-9-3-93-63-29-53(83)21-54(84)30-63)38-70(43-74)100-10-4-94-64-31-55(85)22-56(86)32-64)48-78(47-76)108-18-15-105-75-44-71(101-11-5-95-65-33-57(87)23-58(88)34-65)39-72(45-75)102-12-6-96-66-35-59(89)24-60(90)36-66/h19-48,79-90H,1-18H2. The first-order chi connectivity index (χ1) is 52.3. The van der Waals surface area contributed by atoms with E-state index in [-0.39, 0.29) is 222 Å². The second kappa shape index (κ2) is 39.2. The van der Waals surface area contributed by atoms with Crippen LogP contribution in [-0.2, 0) is 0 Å². The lowest BCUT2D eigenvalue weighted by Crippen LogP contribution is -2.13. The predicted octanol–water partition coefficient (Wildman–Crippen LogP) is 11.3. The third-order valence-electron chi connectivity index (χ3n) is 14.3. The molecule has 30 heteroatoms. The molecular weight excluding hydrogens is 1420 g/mol. The zero-order chi connectivity index (χ0) is 76.0. The molecular formula is C78H78O30. The Morgan fingerprint density at radius 3 is 0.241 bits per heavy atom. The Labute approximate surface area is 617 Å². The Bertz CT molecular complexity index is 3720. The summed E-state index contributed by atoms with van der Waals surface area (Å²) >= 11 is 0. The molecule has 10 aromatic rings. The lowest BCUT2D eigenvalue weighted by Gasteiger charge is -2.16. The second-order valence-electron chi connectivity index (χ2n) is 22.9. The molecule has 0 saturated carbocycles. The van der Waals surface area contributed by atoms with Crippen LogP contribution in [0.15, 0.2) is 182 Å². The predicted molar refractivity (Wildman–Crippen MR) is 383 cm³/mol. The fourth-order valence-corrected chi connectivity index (χ4v) is 9.96. The van der Waals surface area contributed by atoms with Crippen molar-refractivity contribution < 1.29 is 147 Å². The lowest BCUT2D eigenvalue weighted by molar-refractivity contribution is 0.195. The summed E-state index contributed by atoms with van der Waals surface area (Å²) in [5.74, 6) is 2.91. The maximum absolute atomic E-state index is 9.91. The van der Waals surface area contributed by atoms with Gasteiger partial charge in [0.2, 0.25) is 0 Å². The Morgan fingerprint density at radius 1 is 0.102 bits per heavy atom. The van der Waals surface area contributed by atoms with E-state index in [9.17, 15) is 61.3 Å². The van der Waals surface area contributed by atoms with E-state index >= 15 is 0 Å². The minimum absolute atomic E-state index is 0.0162. The van der Waals surface area contributed by atoms with Crippen molar-refractivity contribution in [3.05, 3.63) is 182 Å². The molecule has 12 N–H and O–H groups in total. The molecule has 0 bridgehead atoms. The third kappa shape index (κ3) is 26.8. The minimum atomic E-state index is -0.184. The van der Waals surface area contributed by atoms with E-state index in [1.807, 2.05) is 0 Å². The van der Waals surface area contributed by atoms with Gasteiger partial charge in [-0.2, -0.15) is 0 Å². The van der Waals surface area contributed by atoms with E-state index in [1.165, 1.54) is 109 Å². The van der Waals surface area contributed by atoms with Crippen LogP contribution in [0.4, 0.5) is 0 Å². The summed E-state index contributed by atoms with van der Waals surface area (Å²) in [6.07, 6.45) is 0. The molecule has 0 saturated heterocycles. The van der Waals surface area contributed by atoms with Gasteiger partial charge in [0, 0.05) is 182 Å². The van der Waals surface area contributed by atoms with Crippen LogP contribution in [0, 0.1) is 0 Å². The summed E-state index contributed by atoms with van der Waals surface area (Å²) in [4.78, 5) is 0. The van der Waals surface area contributed by atoms with Crippen molar-refractivity contribution in [1.29, 1.82) is 0 Å². The van der Waals surface area contributed by atoms with Gasteiger partial charge in [0.05, 0.1) is 0 Å². The van der Waals surface area contributed by atoms with Gasteiger partial charge < -0.3 is 147 Å². The lowest BCUT2D eigenvalue weighted by atomic mass is 10.3. The minimum Gasteiger partial charge on any atom is -0.508 e. The molecule has 10 aromatic carbocycles. The number of ether oxygens (including phenoxy) is 18. The highest BCUT2D eigenvalue weighted by atomic mass is 16.6. The highest BCUT2D eigenvalue weighted by molar-refractivity contribution is 5.49. The number of rotatable bonds is 45. The van der Waals surface area contributed by atoms with E-state index in [2.05, 4.69) is 0 Å². The number of aromatic hydroxyl groups is 12. The SMILES string of the molecule is Oc1cc(O)cc(OCCOc2cc(OCCOc3cc(O)cc(O)c3)cc(OCCOc3cc(OCCOc4cc(OCCOc5cc(O)cc(O)c5)cc(OCCOc5cc(O)cc(O)c5)c4)cc(OCCOc4cc(OCCOc5cc(O)cc(O)c5)cc(OCCOc5cc(O)cc(O)c5)c4)c3)c2)c1. The van der Waals surface area contributed by atoms with Gasteiger partial charge in [0.1, 0.15) is 291 Å². The van der Waals surface area contributed by atoms with Crippen LogP contribution >= 0.6 is 0 Å². The molecule has 0 aliphatic rings. The number of benzene rings is 10. The van der Waals surface area contributed by atoms with Crippen LogP contribution in [0.3, 0.4) is 0 Å². The summed E-state index contributed by atoms with van der Waals surface area (Å²) in [7, 11) is 0. The molecule has 570 valence electrons. The largest absolute Gasteiger partial charge is 0.508 e. The highest BCUT2D eigenvalue weighted by Crippen LogP contribution is 2.36. The van der Waals surface area contributed by atoms with Crippen LogP contribution in [0.5, 0.6) is 172 Å². The summed E-state index contributed by atoms with van der Waals surface area (Å²) < 4.78 is 107. The Balaban J connectivity index is 0.809. The zero-order valence-corrected chi connectivity index (χ0v) is 57.8. The van der Waals surface area contributed by atoms with Crippen LogP contribution in [0.1, 0.15) is 0 Å². The monoisotopic (exact) mass is 1490 g/mol. The quantitative estimate of drug-likeness (QED) is 0.0158. The maximum atomic E-state index is 9.91. The first-order valence-electron chi connectivity index (χ1n) is 33.4. The topological polar surface area (TPSA) is 409 Å². The van der Waals surface area contributed by atoms with Gasteiger partial charge in [-0.1, -0.05) is 0 Å². The zero-order valence-electron chi connectivity index (χ0n) is 57.8. The Morgan fingerprint density at radius 2 is 0.167 bits per heavy atom. The smallest absolute Gasteiger partial charge is 0.126 e. The first kappa shape index (κ1) is 76.8. The highest BCUT2D eigenvalue weighted by Gasteiger charge is 2.15. The molecule has 0 aliphatic carbocycles.